The van der Waals surface area contributed by atoms with Crippen molar-refractivity contribution < 1.29 is 19.0 Å². The lowest BCUT2D eigenvalue weighted by Crippen LogP contribution is -2.11. The van der Waals surface area contributed by atoms with Crippen molar-refractivity contribution in [1.29, 1.82) is 0 Å². The molecule has 22 heavy (non-hydrogen) atoms. The predicted octanol–water partition coefficient (Wildman–Crippen LogP) is 3.64. The first-order chi connectivity index (χ1) is 10.6. The summed E-state index contributed by atoms with van der Waals surface area (Å²) in [5.74, 6) is 0.682. The zero-order chi connectivity index (χ0) is 15.7. The van der Waals surface area contributed by atoms with Gasteiger partial charge in [-0.2, -0.15) is 0 Å². The van der Waals surface area contributed by atoms with E-state index in [-0.39, 0.29) is 5.97 Å². The standard InChI is InChI=1S/C16H14ClNO4/c1-20-13-8-12(14(21-2)7-11(13)17)18-15-9-5-3-4-6-10(9)16(19)22-15/h3-8,15,18H,1-2H3. The Morgan fingerprint density at radius 1 is 1.14 bits per heavy atom. The Balaban J connectivity index is 1.96. The molecule has 1 N–H and O–H groups in total. The number of carbonyl (C=O) groups is 1. The highest BCUT2D eigenvalue weighted by Crippen LogP contribution is 2.39. The summed E-state index contributed by atoms with van der Waals surface area (Å²) in [5.41, 5.74) is 1.96. The van der Waals surface area contributed by atoms with Crippen LogP contribution in [0, 0.1) is 0 Å². The first kappa shape index (κ1) is 14.5. The maximum Gasteiger partial charge on any atom is 0.340 e. The number of halogens is 1. The van der Waals surface area contributed by atoms with Crippen LogP contribution in [0.5, 0.6) is 11.5 Å². The molecular weight excluding hydrogens is 306 g/mol. The fourth-order valence-electron chi connectivity index (χ4n) is 2.37. The van der Waals surface area contributed by atoms with Crippen molar-refractivity contribution in [2.24, 2.45) is 0 Å². The molecule has 0 radical (unpaired) electrons. The average Bonchev–Trinajstić information content (AvgIpc) is 2.85. The van der Waals surface area contributed by atoms with Crippen LogP contribution in [0.25, 0.3) is 0 Å². The minimum atomic E-state index is -0.580. The first-order valence-corrected chi connectivity index (χ1v) is 7.00. The van der Waals surface area contributed by atoms with Gasteiger partial charge in [0.15, 0.2) is 0 Å². The maximum atomic E-state index is 11.9. The Bertz CT molecular complexity index is 732. The van der Waals surface area contributed by atoms with E-state index in [1.807, 2.05) is 12.1 Å². The van der Waals surface area contributed by atoms with Gasteiger partial charge in [-0.1, -0.05) is 29.8 Å². The van der Waals surface area contributed by atoms with Crippen LogP contribution in [0.1, 0.15) is 22.1 Å². The number of hydrogen-bond acceptors (Lipinski definition) is 5. The van der Waals surface area contributed by atoms with Crippen LogP contribution < -0.4 is 14.8 Å². The SMILES string of the molecule is COc1cc(NC2OC(=O)c3ccccc32)c(OC)cc1Cl. The molecule has 0 saturated carbocycles. The summed E-state index contributed by atoms with van der Waals surface area (Å²) >= 11 is 6.08. The van der Waals surface area contributed by atoms with Gasteiger partial charge >= 0.3 is 5.97 Å². The number of esters is 1. The monoisotopic (exact) mass is 319 g/mol. The lowest BCUT2D eigenvalue weighted by Gasteiger charge is -2.18. The second-order valence-electron chi connectivity index (χ2n) is 4.70. The van der Waals surface area contributed by atoms with Gasteiger partial charge in [0.1, 0.15) is 11.5 Å². The van der Waals surface area contributed by atoms with Crippen LogP contribution in [0.3, 0.4) is 0 Å². The largest absolute Gasteiger partial charge is 0.495 e. The fourth-order valence-corrected chi connectivity index (χ4v) is 2.60. The van der Waals surface area contributed by atoms with Gasteiger partial charge in [-0.15, -0.1) is 0 Å². The van der Waals surface area contributed by atoms with E-state index in [2.05, 4.69) is 5.32 Å². The smallest absolute Gasteiger partial charge is 0.340 e. The van der Waals surface area contributed by atoms with Crippen LogP contribution in [0.2, 0.25) is 5.02 Å². The molecule has 2 aromatic rings. The number of benzene rings is 2. The summed E-state index contributed by atoms with van der Waals surface area (Å²) in [6, 6.07) is 10.6. The highest BCUT2D eigenvalue weighted by atomic mass is 35.5. The maximum absolute atomic E-state index is 11.9. The number of nitrogens with one attached hydrogen (secondary N) is 1. The number of fused-ring (bicyclic) bond motifs is 1. The molecule has 0 amide bonds. The summed E-state index contributed by atoms with van der Waals surface area (Å²) in [7, 11) is 3.07. The summed E-state index contributed by atoms with van der Waals surface area (Å²) < 4.78 is 15.9. The van der Waals surface area contributed by atoms with Crippen LogP contribution in [0.4, 0.5) is 5.69 Å². The van der Waals surface area contributed by atoms with E-state index in [0.717, 1.165) is 5.56 Å². The molecule has 1 atom stereocenters. The Morgan fingerprint density at radius 3 is 2.59 bits per heavy atom. The number of ether oxygens (including phenoxy) is 3. The van der Waals surface area contributed by atoms with Crippen molar-refractivity contribution in [1.82, 2.24) is 0 Å². The lowest BCUT2D eigenvalue weighted by molar-refractivity contribution is 0.0436. The third-order valence-corrected chi connectivity index (χ3v) is 3.74. The first-order valence-electron chi connectivity index (χ1n) is 6.62. The second kappa shape index (κ2) is 5.77. The van der Waals surface area contributed by atoms with Crippen LogP contribution in [0.15, 0.2) is 36.4 Å². The topological polar surface area (TPSA) is 56.8 Å². The van der Waals surface area contributed by atoms with Gasteiger partial charge in [0.05, 0.1) is 30.5 Å². The van der Waals surface area contributed by atoms with Gasteiger partial charge in [-0.05, 0) is 6.07 Å². The Labute approximate surface area is 132 Å². The highest BCUT2D eigenvalue weighted by molar-refractivity contribution is 6.32. The molecule has 1 unspecified atom stereocenters. The van der Waals surface area contributed by atoms with Crippen LogP contribution >= 0.6 is 11.6 Å². The van der Waals surface area contributed by atoms with Gasteiger partial charge in [-0.25, -0.2) is 4.79 Å². The molecule has 0 saturated heterocycles. The second-order valence-corrected chi connectivity index (χ2v) is 5.11. The molecule has 0 aromatic heterocycles. The van der Waals surface area contributed by atoms with Crippen molar-refractivity contribution in [2.45, 2.75) is 6.23 Å². The van der Waals surface area contributed by atoms with Gasteiger partial charge in [-0.3, -0.25) is 0 Å². The van der Waals surface area contributed by atoms with E-state index < -0.39 is 6.23 Å². The molecule has 0 spiro atoms. The van der Waals surface area contributed by atoms with Gasteiger partial charge in [0.2, 0.25) is 6.23 Å². The molecule has 0 fully saturated rings. The summed E-state index contributed by atoms with van der Waals surface area (Å²) in [5, 5.41) is 3.58. The van der Waals surface area contributed by atoms with Crippen LogP contribution in [-0.4, -0.2) is 20.2 Å². The predicted molar refractivity (Wildman–Crippen MR) is 82.8 cm³/mol. The number of carbonyl (C=O) groups excluding carboxylic acids is 1. The number of methoxy groups -OCH3 is 2. The molecule has 0 aliphatic carbocycles. The molecule has 1 heterocycles. The summed E-state index contributed by atoms with van der Waals surface area (Å²) in [6.45, 7) is 0. The molecule has 0 bridgehead atoms. The molecule has 3 rings (SSSR count). The third-order valence-electron chi connectivity index (χ3n) is 3.45. The molecule has 1 aliphatic heterocycles. The number of hydrogen-bond donors (Lipinski definition) is 1. The summed E-state index contributed by atoms with van der Waals surface area (Å²) in [4.78, 5) is 11.9. The molecule has 6 heteroatoms. The van der Waals surface area contributed by atoms with Gasteiger partial charge in [0.25, 0.3) is 0 Å². The Kier molecular flexibility index (Phi) is 3.81. The third kappa shape index (κ3) is 2.44. The van der Waals surface area contributed by atoms with E-state index in [4.69, 9.17) is 25.8 Å². The summed E-state index contributed by atoms with van der Waals surface area (Å²) in [6.07, 6.45) is -0.580. The minimum absolute atomic E-state index is 0.354. The van der Waals surface area contributed by atoms with Crippen molar-refractivity contribution in [2.75, 3.05) is 19.5 Å². The van der Waals surface area contributed by atoms with Gasteiger partial charge in [0, 0.05) is 17.7 Å². The average molecular weight is 320 g/mol. The van der Waals surface area contributed by atoms with Crippen molar-refractivity contribution in [3.8, 4) is 11.5 Å². The van der Waals surface area contributed by atoms with E-state index in [0.29, 0.717) is 27.8 Å². The normalized spacial score (nSPS) is 16.0. The fraction of sp³-hybridized carbons (Fsp3) is 0.188. The van der Waals surface area contributed by atoms with E-state index >= 15 is 0 Å². The lowest BCUT2D eigenvalue weighted by atomic mass is 10.1. The number of rotatable bonds is 4. The Morgan fingerprint density at radius 2 is 1.86 bits per heavy atom. The number of cyclic esters (lactones) is 1. The zero-order valence-electron chi connectivity index (χ0n) is 12.1. The quantitative estimate of drug-likeness (QED) is 0.872. The van der Waals surface area contributed by atoms with Crippen LogP contribution in [-0.2, 0) is 4.74 Å². The number of anilines is 1. The molecule has 2 aromatic carbocycles. The van der Waals surface area contributed by atoms with Gasteiger partial charge < -0.3 is 19.5 Å². The van der Waals surface area contributed by atoms with E-state index in [9.17, 15) is 4.79 Å². The Hall–Kier alpha value is -2.40. The van der Waals surface area contributed by atoms with E-state index in [1.165, 1.54) is 14.2 Å². The van der Waals surface area contributed by atoms with Crippen molar-refractivity contribution >= 4 is 23.3 Å². The van der Waals surface area contributed by atoms with Crippen molar-refractivity contribution in [3.05, 3.63) is 52.5 Å². The highest BCUT2D eigenvalue weighted by Gasteiger charge is 2.31. The van der Waals surface area contributed by atoms with E-state index in [1.54, 1.807) is 24.3 Å². The van der Waals surface area contributed by atoms with Crippen molar-refractivity contribution in [3.63, 3.8) is 0 Å². The molecular formula is C16H14ClNO4. The molecule has 5 nitrogen and oxygen atoms in total. The molecule has 114 valence electrons. The molecule has 1 aliphatic rings. The minimum Gasteiger partial charge on any atom is -0.495 e. The zero-order valence-corrected chi connectivity index (χ0v) is 12.8.